The molecule has 0 saturated heterocycles. The van der Waals surface area contributed by atoms with Crippen molar-refractivity contribution < 1.29 is 0 Å². The normalized spacial score (nSPS) is 12.3. The number of para-hydroxylation sites is 1. The quantitative estimate of drug-likeness (QED) is 0.404. The van der Waals surface area contributed by atoms with E-state index in [2.05, 4.69) is 36.5 Å². The maximum Gasteiger partial charge on any atom is 0.0510 e. The second kappa shape index (κ2) is 11.9. The van der Waals surface area contributed by atoms with Gasteiger partial charge in [0.25, 0.3) is 0 Å². The maximum atomic E-state index is 6.10. The van der Waals surface area contributed by atoms with E-state index < -0.39 is 0 Å². The average molecular weight is 310 g/mol. The number of anilines is 1. The highest BCUT2D eigenvalue weighted by atomic mass is 32.2. The largest absolute Gasteiger partial charge is 0.385 e. The molecule has 0 heterocycles. The number of thioether (sulfide) groups is 1. The third kappa shape index (κ3) is 8.34. The van der Waals surface area contributed by atoms with Gasteiger partial charge in [-0.1, -0.05) is 44.4 Å². The van der Waals surface area contributed by atoms with E-state index in [1.807, 2.05) is 11.8 Å². The van der Waals surface area contributed by atoms with Crippen molar-refractivity contribution in [3.05, 3.63) is 29.8 Å². The van der Waals surface area contributed by atoms with Crippen LogP contribution in [0.2, 0.25) is 0 Å². The first kappa shape index (κ1) is 18.3. The van der Waals surface area contributed by atoms with Gasteiger partial charge in [-0.2, -0.15) is 0 Å². The van der Waals surface area contributed by atoms with Gasteiger partial charge in [0, 0.05) is 18.0 Å². The minimum Gasteiger partial charge on any atom is -0.385 e. The van der Waals surface area contributed by atoms with Crippen LogP contribution in [0.1, 0.15) is 51.0 Å². The lowest BCUT2D eigenvalue weighted by molar-refractivity contribution is 0.685. The Morgan fingerprint density at radius 1 is 1.14 bits per heavy atom. The Kier molecular flexibility index (Phi) is 10.4. The van der Waals surface area contributed by atoms with Crippen LogP contribution < -0.4 is 16.8 Å². The molecule has 120 valence electrons. The molecule has 1 rings (SSSR count). The summed E-state index contributed by atoms with van der Waals surface area (Å²) in [5.41, 5.74) is 14.2. The standard InChI is InChI=1S/C17H31N3S/c1-2-3-4-7-13-20-16-10-6-5-9-15(16)14-21-17(19)11-8-12-18/h5-6,9-10,17,20H,2-4,7-8,11-14,18-19H2,1H3. The maximum absolute atomic E-state index is 6.10. The minimum atomic E-state index is 0.186. The van der Waals surface area contributed by atoms with Gasteiger partial charge in [0.2, 0.25) is 0 Å². The number of unbranched alkanes of at least 4 members (excludes halogenated alkanes) is 3. The third-order valence-corrected chi connectivity index (χ3v) is 4.65. The Labute approximate surface area is 134 Å². The van der Waals surface area contributed by atoms with Crippen molar-refractivity contribution in [1.82, 2.24) is 0 Å². The van der Waals surface area contributed by atoms with Crippen LogP contribution in [0.15, 0.2) is 24.3 Å². The highest BCUT2D eigenvalue weighted by molar-refractivity contribution is 7.99. The molecular weight excluding hydrogens is 278 g/mol. The summed E-state index contributed by atoms with van der Waals surface area (Å²) in [7, 11) is 0. The van der Waals surface area contributed by atoms with Crippen LogP contribution in [0.25, 0.3) is 0 Å². The molecule has 5 N–H and O–H groups in total. The van der Waals surface area contributed by atoms with E-state index in [0.717, 1.165) is 31.7 Å². The molecule has 0 aromatic heterocycles. The summed E-state index contributed by atoms with van der Waals surface area (Å²) >= 11 is 1.81. The first-order valence-corrected chi connectivity index (χ1v) is 9.21. The van der Waals surface area contributed by atoms with Gasteiger partial charge in [0.05, 0.1) is 5.37 Å². The zero-order valence-electron chi connectivity index (χ0n) is 13.3. The molecule has 1 atom stereocenters. The zero-order valence-corrected chi connectivity index (χ0v) is 14.1. The van der Waals surface area contributed by atoms with E-state index in [-0.39, 0.29) is 5.37 Å². The number of hydrogen-bond acceptors (Lipinski definition) is 4. The molecule has 0 fully saturated rings. The fourth-order valence-corrected chi connectivity index (χ4v) is 3.17. The van der Waals surface area contributed by atoms with Crippen molar-refractivity contribution in [2.24, 2.45) is 11.5 Å². The predicted octanol–water partition coefficient (Wildman–Crippen LogP) is 3.94. The molecule has 0 saturated carbocycles. The second-order valence-corrected chi connectivity index (χ2v) is 6.65. The van der Waals surface area contributed by atoms with Gasteiger partial charge >= 0.3 is 0 Å². The van der Waals surface area contributed by atoms with Crippen molar-refractivity contribution in [3.8, 4) is 0 Å². The lowest BCUT2D eigenvalue weighted by Crippen LogP contribution is -2.17. The predicted molar refractivity (Wildman–Crippen MR) is 96.6 cm³/mol. The van der Waals surface area contributed by atoms with E-state index in [0.29, 0.717) is 0 Å². The minimum absolute atomic E-state index is 0.186. The second-order valence-electron chi connectivity index (χ2n) is 5.42. The van der Waals surface area contributed by atoms with Gasteiger partial charge in [-0.25, -0.2) is 0 Å². The molecule has 0 aliphatic carbocycles. The Morgan fingerprint density at radius 2 is 1.95 bits per heavy atom. The first-order valence-electron chi connectivity index (χ1n) is 8.17. The van der Waals surface area contributed by atoms with Crippen LogP contribution in [0, 0.1) is 0 Å². The molecule has 1 aromatic carbocycles. The summed E-state index contributed by atoms with van der Waals surface area (Å²) in [6, 6.07) is 8.55. The van der Waals surface area contributed by atoms with Gasteiger partial charge < -0.3 is 16.8 Å². The summed E-state index contributed by atoms with van der Waals surface area (Å²) in [4.78, 5) is 0. The SMILES string of the molecule is CCCCCCNc1ccccc1CSC(N)CCCN. The monoisotopic (exact) mass is 309 g/mol. The van der Waals surface area contributed by atoms with E-state index >= 15 is 0 Å². The fourth-order valence-electron chi connectivity index (χ4n) is 2.19. The topological polar surface area (TPSA) is 64.1 Å². The van der Waals surface area contributed by atoms with Gasteiger partial charge in [-0.15, -0.1) is 11.8 Å². The Hall–Kier alpha value is -0.710. The summed E-state index contributed by atoms with van der Waals surface area (Å²) in [5, 5.41) is 3.75. The molecule has 0 radical (unpaired) electrons. The Bertz CT molecular complexity index is 371. The Balaban J connectivity index is 2.36. The first-order chi connectivity index (χ1) is 10.3. The number of benzene rings is 1. The van der Waals surface area contributed by atoms with Crippen LogP contribution in [0.4, 0.5) is 5.69 Å². The number of rotatable bonds is 12. The van der Waals surface area contributed by atoms with Crippen molar-refractivity contribution in [2.45, 2.75) is 56.6 Å². The lowest BCUT2D eigenvalue weighted by Gasteiger charge is -2.14. The lowest BCUT2D eigenvalue weighted by atomic mass is 10.2. The van der Waals surface area contributed by atoms with Crippen molar-refractivity contribution in [1.29, 1.82) is 0 Å². The van der Waals surface area contributed by atoms with Crippen LogP contribution in [0.3, 0.4) is 0 Å². The molecule has 1 unspecified atom stereocenters. The molecule has 1 aromatic rings. The molecule has 4 heteroatoms. The third-order valence-electron chi connectivity index (χ3n) is 3.51. The molecule has 21 heavy (non-hydrogen) atoms. The van der Waals surface area contributed by atoms with Crippen LogP contribution >= 0.6 is 11.8 Å². The number of nitrogens with two attached hydrogens (primary N) is 2. The van der Waals surface area contributed by atoms with Gasteiger partial charge in [-0.3, -0.25) is 0 Å². The van der Waals surface area contributed by atoms with E-state index in [9.17, 15) is 0 Å². The summed E-state index contributed by atoms with van der Waals surface area (Å²) < 4.78 is 0. The molecular formula is C17H31N3S. The van der Waals surface area contributed by atoms with Crippen LogP contribution in [0.5, 0.6) is 0 Å². The van der Waals surface area contributed by atoms with Crippen molar-refractivity contribution in [2.75, 3.05) is 18.4 Å². The molecule has 0 aliphatic heterocycles. The van der Waals surface area contributed by atoms with Crippen molar-refractivity contribution in [3.63, 3.8) is 0 Å². The number of hydrogen-bond donors (Lipinski definition) is 3. The average Bonchev–Trinajstić information content (AvgIpc) is 2.51. The molecule has 3 nitrogen and oxygen atoms in total. The van der Waals surface area contributed by atoms with Gasteiger partial charge in [0.15, 0.2) is 0 Å². The zero-order chi connectivity index (χ0) is 15.3. The molecule has 0 spiro atoms. The van der Waals surface area contributed by atoms with Crippen molar-refractivity contribution >= 4 is 17.4 Å². The highest BCUT2D eigenvalue weighted by Crippen LogP contribution is 2.23. The van der Waals surface area contributed by atoms with E-state index in [1.165, 1.54) is 36.9 Å². The summed E-state index contributed by atoms with van der Waals surface area (Å²) in [6.45, 7) is 4.03. The van der Waals surface area contributed by atoms with E-state index in [1.54, 1.807) is 0 Å². The smallest absolute Gasteiger partial charge is 0.0510 e. The van der Waals surface area contributed by atoms with E-state index in [4.69, 9.17) is 11.5 Å². The van der Waals surface area contributed by atoms with Gasteiger partial charge in [0.1, 0.15) is 0 Å². The Morgan fingerprint density at radius 3 is 2.71 bits per heavy atom. The van der Waals surface area contributed by atoms with Gasteiger partial charge in [-0.05, 0) is 37.4 Å². The van der Waals surface area contributed by atoms with Crippen LogP contribution in [-0.2, 0) is 5.75 Å². The summed E-state index contributed by atoms with van der Waals surface area (Å²) in [6.07, 6.45) is 7.16. The molecule has 0 amide bonds. The van der Waals surface area contributed by atoms with Crippen LogP contribution in [-0.4, -0.2) is 18.5 Å². The number of nitrogens with one attached hydrogen (secondary N) is 1. The molecule has 0 aliphatic rings. The molecule has 0 bridgehead atoms. The highest BCUT2D eigenvalue weighted by Gasteiger charge is 2.06. The summed E-state index contributed by atoms with van der Waals surface area (Å²) in [5.74, 6) is 0.962. The fraction of sp³-hybridized carbons (Fsp3) is 0.647.